The first-order valence-corrected chi connectivity index (χ1v) is 22.4. The average molecular weight is 816 g/mol. The van der Waals surface area contributed by atoms with Gasteiger partial charge < -0.3 is 14.4 Å². The zero-order valence-corrected chi connectivity index (χ0v) is 36.4. The van der Waals surface area contributed by atoms with E-state index in [0.29, 0.717) is 0 Å². The normalized spacial score (nSPS) is 13.0. The van der Waals surface area contributed by atoms with Gasteiger partial charge in [-0.2, -0.15) is 0 Å². The molecule has 0 saturated heterocycles. The monoisotopic (exact) mass is 815 g/mol. The third kappa shape index (κ3) is 5.23. The molecule has 12 rings (SSSR count). The molecule has 11 aromatic rings. The second-order valence-corrected chi connectivity index (χ2v) is 18.5. The summed E-state index contributed by atoms with van der Waals surface area (Å²) in [5.74, 6) is 0. The molecule has 0 bridgehead atoms. The van der Waals surface area contributed by atoms with E-state index >= 15 is 0 Å². The third-order valence-corrected chi connectivity index (χ3v) is 14.8. The van der Waals surface area contributed by atoms with E-state index < -0.39 is 0 Å². The lowest BCUT2D eigenvalue weighted by Crippen LogP contribution is -2.18. The molecule has 0 atom stereocenters. The van der Waals surface area contributed by atoms with Gasteiger partial charge in [-0.05, 0) is 107 Å². The van der Waals surface area contributed by atoms with Crippen LogP contribution in [-0.4, -0.2) is 4.57 Å². The molecule has 4 heteroatoms. The first-order valence-electron chi connectivity index (χ1n) is 21.6. The van der Waals surface area contributed by atoms with Gasteiger partial charge >= 0.3 is 0 Å². The number of aromatic nitrogens is 1. The molecule has 0 aliphatic heterocycles. The van der Waals surface area contributed by atoms with Crippen LogP contribution in [0.5, 0.6) is 0 Å². The summed E-state index contributed by atoms with van der Waals surface area (Å²) < 4.78 is 4.98. The van der Waals surface area contributed by atoms with Crippen LogP contribution in [-0.2, 0) is 12.5 Å². The van der Waals surface area contributed by atoms with Crippen molar-refractivity contribution in [3.63, 3.8) is 0 Å². The first kappa shape index (κ1) is 36.7. The number of rotatable bonds is 6. The second-order valence-electron chi connectivity index (χ2n) is 17.5. The molecule has 1 aliphatic rings. The van der Waals surface area contributed by atoms with Crippen molar-refractivity contribution >= 4 is 98.2 Å². The molecule has 3 nitrogen and oxygen atoms in total. The zero-order chi connectivity index (χ0) is 41.9. The fraction of sp³-hybridized carbons (Fsp3) is 0.103. The van der Waals surface area contributed by atoms with Crippen molar-refractivity contribution in [3.8, 4) is 11.1 Å². The van der Waals surface area contributed by atoms with Crippen LogP contribution in [0, 0.1) is 13.8 Å². The Hall–Kier alpha value is -7.14. The van der Waals surface area contributed by atoms with Crippen LogP contribution in [0.3, 0.4) is 0 Å². The number of hydrogen-bond acceptors (Lipinski definition) is 3. The highest BCUT2D eigenvalue weighted by molar-refractivity contribution is 7.26. The highest BCUT2D eigenvalue weighted by Crippen LogP contribution is 2.57. The predicted octanol–water partition coefficient (Wildman–Crippen LogP) is 16.7. The van der Waals surface area contributed by atoms with E-state index in [2.05, 4.69) is 231 Å². The molecule has 0 saturated carbocycles. The van der Waals surface area contributed by atoms with Gasteiger partial charge in [-0.25, -0.2) is 0 Å². The van der Waals surface area contributed by atoms with Crippen molar-refractivity contribution < 1.29 is 0 Å². The molecule has 62 heavy (non-hydrogen) atoms. The molecule has 1 aliphatic carbocycles. The molecule has 2 heterocycles. The van der Waals surface area contributed by atoms with E-state index in [1.165, 1.54) is 115 Å². The second kappa shape index (κ2) is 13.7. The summed E-state index contributed by atoms with van der Waals surface area (Å²) in [5, 5.41) is 7.61. The molecule has 9 aromatic carbocycles. The molecule has 0 fully saturated rings. The quantitative estimate of drug-likeness (QED) is 0.166. The van der Waals surface area contributed by atoms with E-state index in [4.69, 9.17) is 0 Å². The highest BCUT2D eigenvalue weighted by Gasteiger charge is 2.39. The molecule has 0 unspecified atom stereocenters. The van der Waals surface area contributed by atoms with Crippen molar-refractivity contribution in [1.82, 2.24) is 4.57 Å². The van der Waals surface area contributed by atoms with Gasteiger partial charge in [-0.1, -0.05) is 141 Å². The van der Waals surface area contributed by atoms with E-state index in [-0.39, 0.29) is 5.41 Å². The number of anilines is 6. The van der Waals surface area contributed by atoms with E-state index in [1.54, 1.807) is 0 Å². The van der Waals surface area contributed by atoms with Crippen LogP contribution in [0.4, 0.5) is 34.1 Å². The summed E-state index contributed by atoms with van der Waals surface area (Å²) in [6, 6.07) is 67.7. The number of fused-ring (bicyclic) bond motifs is 11. The molecule has 0 amide bonds. The maximum Gasteiger partial charge on any atom is 0.0733 e. The molecular weight excluding hydrogens is 771 g/mol. The Morgan fingerprint density at radius 3 is 1.89 bits per heavy atom. The minimum absolute atomic E-state index is 0.302. The lowest BCUT2D eigenvalue weighted by molar-refractivity contribution is 0.661. The van der Waals surface area contributed by atoms with E-state index in [0.717, 1.165) is 5.69 Å². The van der Waals surface area contributed by atoms with Gasteiger partial charge in [0.05, 0.1) is 33.0 Å². The predicted molar refractivity (Wildman–Crippen MR) is 267 cm³/mol. The standard InChI is InChI=1S/C58H45N3S/c1-36-18-15-19-37(2)55(36)60(38-20-7-6-8-21-38)39-32-33-46-47(34-39)58(3,4)48-35-52(40-22-9-10-25-43(40)54(46)48)61(51-30-17-27-45-42-24-12-14-31-53(42)62-57(45)51)50-29-16-26-44-41-23-11-13-28-49(41)59(5)56(44)50/h6-35H,1-5H3. The van der Waals surface area contributed by atoms with Crippen LogP contribution in [0.15, 0.2) is 182 Å². The lowest BCUT2D eigenvalue weighted by Gasteiger charge is -2.31. The average Bonchev–Trinajstić information content (AvgIpc) is 3.91. The van der Waals surface area contributed by atoms with Gasteiger partial charge in [0.1, 0.15) is 0 Å². The maximum atomic E-state index is 2.59. The fourth-order valence-electron chi connectivity index (χ4n) is 10.7. The number of hydrogen-bond donors (Lipinski definition) is 0. The zero-order valence-electron chi connectivity index (χ0n) is 35.6. The van der Waals surface area contributed by atoms with Crippen molar-refractivity contribution in [2.45, 2.75) is 33.1 Å². The van der Waals surface area contributed by atoms with E-state index in [1.807, 2.05) is 11.3 Å². The Morgan fingerprint density at radius 1 is 0.468 bits per heavy atom. The Morgan fingerprint density at radius 2 is 1.10 bits per heavy atom. The molecule has 298 valence electrons. The van der Waals surface area contributed by atoms with Crippen molar-refractivity contribution in [2.75, 3.05) is 9.80 Å². The van der Waals surface area contributed by atoms with Crippen LogP contribution < -0.4 is 9.80 Å². The number of para-hydroxylation sites is 4. The smallest absolute Gasteiger partial charge is 0.0733 e. The van der Waals surface area contributed by atoms with Gasteiger partial charge in [0.15, 0.2) is 0 Å². The van der Waals surface area contributed by atoms with Crippen LogP contribution in [0.1, 0.15) is 36.1 Å². The van der Waals surface area contributed by atoms with Gasteiger partial charge in [-0.15, -0.1) is 11.3 Å². The van der Waals surface area contributed by atoms with Gasteiger partial charge in [0.2, 0.25) is 0 Å². The first-order chi connectivity index (χ1) is 30.3. The van der Waals surface area contributed by atoms with Crippen molar-refractivity contribution in [3.05, 3.63) is 204 Å². The summed E-state index contributed by atoms with van der Waals surface area (Å²) in [6.07, 6.45) is 0. The topological polar surface area (TPSA) is 11.4 Å². The van der Waals surface area contributed by atoms with Crippen molar-refractivity contribution in [1.29, 1.82) is 0 Å². The van der Waals surface area contributed by atoms with Gasteiger partial charge in [0, 0.05) is 61.0 Å². The maximum absolute atomic E-state index is 2.59. The molecule has 2 aromatic heterocycles. The van der Waals surface area contributed by atoms with Crippen molar-refractivity contribution in [2.24, 2.45) is 7.05 Å². The van der Waals surface area contributed by atoms with Crippen LogP contribution in [0.2, 0.25) is 0 Å². The van der Waals surface area contributed by atoms with E-state index in [9.17, 15) is 0 Å². The number of benzene rings is 9. The highest BCUT2D eigenvalue weighted by atomic mass is 32.1. The SMILES string of the molecule is Cc1cccc(C)c1N(c1ccccc1)c1ccc2c(c1)C(C)(C)c1cc(N(c3cccc4c3sc3ccccc34)c3cccc4c5ccccc5n(C)c34)c3ccccc3c1-2. The largest absolute Gasteiger partial charge is 0.342 e. The number of nitrogens with zero attached hydrogens (tertiary/aromatic N) is 3. The molecule has 0 N–H and O–H groups in total. The minimum atomic E-state index is -0.302. The molecular formula is C58H45N3S. The third-order valence-electron chi connectivity index (χ3n) is 13.6. The fourth-order valence-corrected chi connectivity index (χ4v) is 11.9. The summed E-state index contributed by atoms with van der Waals surface area (Å²) in [4.78, 5) is 5.04. The Kier molecular flexibility index (Phi) is 8.10. The summed E-state index contributed by atoms with van der Waals surface area (Å²) >= 11 is 1.89. The molecule has 0 radical (unpaired) electrons. The van der Waals surface area contributed by atoms with Gasteiger partial charge in [-0.3, -0.25) is 0 Å². The summed E-state index contributed by atoms with van der Waals surface area (Å²) in [6.45, 7) is 9.30. The Bertz CT molecular complexity index is 3590. The Balaban J connectivity index is 1.14. The summed E-state index contributed by atoms with van der Waals surface area (Å²) in [5.41, 5.74) is 17.1. The number of thiophene rings is 1. The van der Waals surface area contributed by atoms with Crippen LogP contribution >= 0.6 is 11.3 Å². The van der Waals surface area contributed by atoms with Crippen LogP contribution in [0.25, 0.3) is 63.9 Å². The summed E-state index contributed by atoms with van der Waals surface area (Å²) in [7, 11) is 2.22. The minimum Gasteiger partial charge on any atom is -0.342 e. The number of aryl methyl sites for hydroxylation is 3. The lowest BCUT2D eigenvalue weighted by atomic mass is 9.81. The molecule has 0 spiro atoms. The van der Waals surface area contributed by atoms with Gasteiger partial charge in [0.25, 0.3) is 0 Å². The Labute approximate surface area is 366 Å².